The van der Waals surface area contributed by atoms with Crippen molar-refractivity contribution in [1.82, 2.24) is 20.1 Å². The molecule has 1 aromatic carbocycles. The Balaban J connectivity index is 1.55. The Morgan fingerprint density at radius 1 is 1.11 bits per heavy atom. The van der Waals surface area contributed by atoms with E-state index in [0.717, 1.165) is 29.8 Å². The van der Waals surface area contributed by atoms with Gasteiger partial charge in [0.1, 0.15) is 0 Å². The molecule has 0 spiro atoms. The van der Waals surface area contributed by atoms with Crippen LogP contribution in [0.4, 0.5) is 0 Å². The van der Waals surface area contributed by atoms with Crippen LogP contribution in [-0.4, -0.2) is 27.2 Å². The maximum absolute atomic E-state index is 12.7. The number of carbonyl (C=O) groups excluding carboxylic acids is 1. The zero-order valence-corrected chi connectivity index (χ0v) is 15.8. The minimum Gasteiger partial charge on any atom is -0.350 e. The maximum Gasteiger partial charge on any atom is 0.271 e. The molecule has 1 N–H and O–H groups in total. The number of hydrogen-bond donors (Lipinski definition) is 1. The van der Waals surface area contributed by atoms with Crippen molar-refractivity contribution in [2.24, 2.45) is 0 Å². The third-order valence-corrected chi connectivity index (χ3v) is 5.02. The van der Waals surface area contributed by atoms with Crippen LogP contribution in [0.3, 0.4) is 0 Å². The van der Waals surface area contributed by atoms with Gasteiger partial charge < -0.3 is 5.32 Å². The number of benzene rings is 1. The molecule has 1 amide bonds. The van der Waals surface area contributed by atoms with Crippen LogP contribution < -0.4 is 5.32 Å². The highest BCUT2D eigenvalue weighted by Crippen LogP contribution is 2.23. The summed E-state index contributed by atoms with van der Waals surface area (Å²) in [5, 5.41) is 7.60. The number of carbonyl (C=O) groups is 1. The van der Waals surface area contributed by atoms with Gasteiger partial charge in [-0.3, -0.25) is 9.78 Å². The molecule has 1 aliphatic carbocycles. The smallest absolute Gasteiger partial charge is 0.271 e. The number of hydrogen-bond acceptors (Lipinski definition) is 3. The van der Waals surface area contributed by atoms with Gasteiger partial charge in [-0.1, -0.05) is 29.8 Å². The standard InChI is InChI=1S/C23H24N4O/c28-23(25-15-13-18-8-3-1-4-9-18)21-16-22(19-10-7-14-24-17-19)27(26-21)20-11-5-2-6-12-20/h2,5-8,10-12,14,16-17H,1,3-4,9,13,15H2,(H,25,28). The predicted molar refractivity (Wildman–Crippen MR) is 110 cm³/mol. The number of allylic oxidation sites excluding steroid dienone is 1. The zero-order valence-electron chi connectivity index (χ0n) is 15.8. The van der Waals surface area contributed by atoms with E-state index in [1.165, 1.54) is 24.8 Å². The van der Waals surface area contributed by atoms with Crippen LogP contribution in [0.1, 0.15) is 42.6 Å². The minimum absolute atomic E-state index is 0.142. The second kappa shape index (κ2) is 8.65. The molecule has 2 heterocycles. The van der Waals surface area contributed by atoms with Gasteiger partial charge in [0.05, 0.1) is 11.4 Å². The van der Waals surface area contributed by atoms with Gasteiger partial charge >= 0.3 is 0 Å². The second-order valence-electron chi connectivity index (χ2n) is 7.02. The fourth-order valence-electron chi connectivity index (χ4n) is 3.54. The van der Waals surface area contributed by atoms with Crippen LogP contribution in [-0.2, 0) is 0 Å². The molecule has 0 bridgehead atoms. The molecular formula is C23H24N4O. The number of para-hydroxylation sites is 1. The van der Waals surface area contributed by atoms with Crippen molar-refractivity contribution in [1.29, 1.82) is 0 Å². The third-order valence-electron chi connectivity index (χ3n) is 5.02. The van der Waals surface area contributed by atoms with Crippen LogP contribution in [0, 0.1) is 0 Å². The quantitative estimate of drug-likeness (QED) is 0.646. The molecular weight excluding hydrogens is 348 g/mol. The van der Waals surface area contributed by atoms with Crippen LogP contribution in [0.5, 0.6) is 0 Å². The summed E-state index contributed by atoms with van der Waals surface area (Å²) < 4.78 is 1.80. The Bertz CT molecular complexity index is 904. The van der Waals surface area contributed by atoms with E-state index in [2.05, 4.69) is 21.5 Å². The monoisotopic (exact) mass is 372 g/mol. The molecule has 0 unspecified atom stereocenters. The number of nitrogens with one attached hydrogen (secondary N) is 1. The molecule has 5 nitrogen and oxygen atoms in total. The zero-order chi connectivity index (χ0) is 19.2. The lowest BCUT2D eigenvalue weighted by Crippen LogP contribution is -2.25. The van der Waals surface area contributed by atoms with Gasteiger partial charge in [0.25, 0.3) is 5.91 Å². The first-order valence-corrected chi connectivity index (χ1v) is 9.83. The average Bonchev–Trinajstić information content (AvgIpc) is 3.21. The highest BCUT2D eigenvalue weighted by molar-refractivity contribution is 5.93. The molecule has 28 heavy (non-hydrogen) atoms. The SMILES string of the molecule is O=C(NCCC1=CCCCC1)c1cc(-c2cccnc2)n(-c2ccccc2)n1. The summed E-state index contributed by atoms with van der Waals surface area (Å²) in [6.45, 7) is 0.644. The molecule has 5 heteroatoms. The lowest BCUT2D eigenvalue weighted by Gasteiger charge is -2.12. The molecule has 1 aliphatic rings. The molecule has 4 rings (SSSR count). The summed E-state index contributed by atoms with van der Waals surface area (Å²) >= 11 is 0. The Morgan fingerprint density at radius 3 is 2.75 bits per heavy atom. The van der Waals surface area contributed by atoms with Crippen molar-refractivity contribution in [2.75, 3.05) is 6.54 Å². The van der Waals surface area contributed by atoms with E-state index in [1.54, 1.807) is 17.1 Å². The topological polar surface area (TPSA) is 59.8 Å². The first-order chi connectivity index (χ1) is 13.8. The Hall–Kier alpha value is -3.21. The van der Waals surface area contributed by atoms with Gasteiger partial charge in [-0.2, -0.15) is 5.10 Å². The highest BCUT2D eigenvalue weighted by atomic mass is 16.1. The molecule has 0 aliphatic heterocycles. The number of amides is 1. The number of rotatable bonds is 6. The van der Waals surface area contributed by atoms with Gasteiger partial charge in [0.15, 0.2) is 5.69 Å². The largest absolute Gasteiger partial charge is 0.350 e. The Morgan fingerprint density at radius 2 is 2.00 bits per heavy atom. The molecule has 3 aromatic rings. The fraction of sp³-hybridized carbons (Fsp3) is 0.261. The lowest BCUT2D eigenvalue weighted by molar-refractivity contribution is 0.0948. The van der Waals surface area contributed by atoms with E-state index >= 15 is 0 Å². The third kappa shape index (κ3) is 4.19. The van der Waals surface area contributed by atoms with Crippen molar-refractivity contribution in [3.63, 3.8) is 0 Å². The summed E-state index contributed by atoms with van der Waals surface area (Å²) in [4.78, 5) is 16.9. The van der Waals surface area contributed by atoms with Crippen LogP contribution in [0.25, 0.3) is 16.9 Å². The van der Waals surface area contributed by atoms with Crippen molar-refractivity contribution in [2.45, 2.75) is 32.1 Å². The molecule has 142 valence electrons. The van der Waals surface area contributed by atoms with Gasteiger partial charge in [0.2, 0.25) is 0 Å². The van der Waals surface area contributed by atoms with E-state index in [1.807, 2.05) is 48.5 Å². The van der Waals surface area contributed by atoms with E-state index in [4.69, 9.17) is 0 Å². The van der Waals surface area contributed by atoms with Gasteiger partial charge in [-0.15, -0.1) is 0 Å². The summed E-state index contributed by atoms with van der Waals surface area (Å²) in [5.74, 6) is -0.142. The van der Waals surface area contributed by atoms with E-state index in [9.17, 15) is 4.79 Å². The molecule has 0 saturated carbocycles. The van der Waals surface area contributed by atoms with Crippen molar-refractivity contribution >= 4 is 5.91 Å². The molecule has 0 fully saturated rings. The van der Waals surface area contributed by atoms with Crippen molar-refractivity contribution < 1.29 is 4.79 Å². The normalized spacial score (nSPS) is 13.8. The predicted octanol–water partition coefficient (Wildman–Crippen LogP) is 4.55. The maximum atomic E-state index is 12.7. The second-order valence-corrected chi connectivity index (χ2v) is 7.02. The number of nitrogens with zero attached hydrogens (tertiary/aromatic N) is 3. The van der Waals surface area contributed by atoms with E-state index in [-0.39, 0.29) is 5.91 Å². The molecule has 0 atom stereocenters. The Kier molecular flexibility index (Phi) is 5.61. The average molecular weight is 372 g/mol. The van der Waals surface area contributed by atoms with Crippen LogP contribution >= 0.6 is 0 Å². The fourth-order valence-corrected chi connectivity index (χ4v) is 3.54. The van der Waals surface area contributed by atoms with Gasteiger partial charge in [-0.05, 0) is 62.4 Å². The van der Waals surface area contributed by atoms with E-state index < -0.39 is 0 Å². The highest BCUT2D eigenvalue weighted by Gasteiger charge is 2.17. The minimum atomic E-state index is -0.142. The first-order valence-electron chi connectivity index (χ1n) is 9.83. The van der Waals surface area contributed by atoms with Crippen LogP contribution in [0.2, 0.25) is 0 Å². The van der Waals surface area contributed by atoms with Gasteiger partial charge in [-0.25, -0.2) is 4.68 Å². The van der Waals surface area contributed by atoms with Crippen molar-refractivity contribution in [3.8, 4) is 16.9 Å². The Labute approximate surface area is 165 Å². The summed E-state index contributed by atoms with van der Waals surface area (Å²) in [6, 6.07) is 15.5. The van der Waals surface area contributed by atoms with Gasteiger partial charge in [0, 0.05) is 24.5 Å². The number of aromatic nitrogens is 3. The number of pyridine rings is 1. The van der Waals surface area contributed by atoms with Crippen LogP contribution in [0.15, 0.2) is 72.6 Å². The lowest BCUT2D eigenvalue weighted by atomic mass is 9.97. The summed E-state index contributed by atoms with van der Waals surface area (Å²) in [5.41, 5.74) is 4.55. The summed E-state index contributed by atoms with van der Waals surface area (Å²) in [6.07, 6.45) is 11.6. The van der Waals surface area contributed by atoms with E-state index in [0.29, 0.717) is 12.2 Å². The molecule has 0 saturated heterocycles. The molecule has 2 aromatic heterocycles. The van der Waals surface area contributed by atoms with Crippen molar-refractivity contribution in [3.05, 3.63) is 78.3 Å². The summed E-state index contributed by atoms with van der Waals surface area (Å²) in [7, 11) is 0. The molecule has 0 radical (unpaired) electrons. The first kappa shape index (κ1) is 18.2.